The lowest BCUT2D eigenvalue weighted by atomic mass is 10.1. The number of nitro groups is 1. The summed E-state index contributed by atoms with van der Waals surface area (Å²) in [5.74, 6) is 0. The first-order chi connectivity index (χ1) is 9.20. The molecule has 0 saturated heterocycles. The Labute approximate surface area is 111 Å². The SMILES string of the molecule is COC(Nc1ccccc1)c1ccc([N+](=O)[O-])cc1. The van der Waals surface area contributed by atoms with Gasteiger partial charge in [0, 0.05) is 30.5 Å². The molecule has 0 bridgehead atoms. The summed E-state index contributed by atoms with van der Waals surface area (Å²) in [6.07, 6.45) is -0.344. The van der Waals surface area contributed by atoms with Crippen molar-refractivity contribution in [3.05, 3.63) is 70.3 Å². The molecule has 0 radical (unpaired) electrons. The number of anilines is 1. The summed E-state index contributed by atoms with van der Waals surface area (Å²) in [7, 11) is 1.59. The smallest absolute Gasteiger partial charge is 0.269 e. The second-order valence-corrected chi connectivity index (χ2v) is 3.97. The predicted octanol–water partition coefficient (Wildman–Crippen LogP) is 3.35. The Balaban J connectivity index is 2.15. The fourth-order valence-electron chi connectivity index (χ4n) is 1.73. The average Bonchev–Trinajstić information content (AvgIpc) is 2.46. The zero-order chi connectivity index (χ0) is 13.7. The number of rotatable bonds is 5. The fraction of sp³-hybridized carbons (Fsp3) is 0.143. The van der Waals surface area contributed by atoms with Crippen molar-refractivity contribution in [2.45, 2.75) is 6.23 Å². The number of nitrogens with one attached hydrogen (secondary N) is 1. The maximum absolute atomic E-state index is 10.6. The largest absolute Gasteiger partial charge is 0.357 e. The number of ether oxygens (including phenoxy) is 1. The van der Waals surface area contributed by atoms with Crippen LogP contribution in [0, 0.1) is 10.1 Å². The van der Waals surface area contributed by atoms with Crippen molar-refractivity contribution in [3.8, 4) is 0 Å². The predicted molar refractivity (Wildman–Crippen MR) is 72.9 cm³/mol. The van der Waals surface area contributed by atoms with Crippen LogP contribution in [0.25, 0.3) is 0 Å². The van der Waals surface area contributed by atoms with Crippen LogP contribution in [0.1, 0.15) is 11.8 Å². The van der Waals surface area contributed by atoms with Crippen LogP contribution in [0.4, 0.5) is 11.4 Å². The molecule has 0 aliphatic carbocycles. The van der Waals surface area contributed by atoms with Crippen molar-refractivity contribution >= 4 is 11.4 Å². The molecule has 0 aliphatic heterocycles. The van der Waals surface area contributed by atoms with Crippen molar-refractivity contribution < 1.29 is 9.66 Å². The van der Waals surface area contributed by atoms with E-state index in [1.807, 2.05) is 30.3 Å². The Bertz CT molecular complexity index is 540. The van der Waals surface area contributed by atoms with E-state index in [1.54, 1.807) is 19.2 Å². The Hall–Kier alpha value is -2.40. The molecule has 2 aromatic carbocycles. The standard InChI is InChI=1S/C14H14N2O3/c1-19-14(15-12-5-3-2-4-6-12)11-7-9-13(10-8-11)16(17)18/h2-10,14-15H,1H3. The molecule has 0 aromatic heterocycles. The zero-order valence-corrected chi connectivity index (χ0v) is 10.4. The van der Waals surface area contributed by atoms with Gasteiger partial charge in [0.2, 0.25) is 0 Å². The summed E-state index contributed by atoms with van der Waals surface area (Å²) in [6, 6.07) is 15.9. The molecular formula is C14H14N2O3. The molecule has 5 nitrogen and oxygen atoms in total. The lowest BCUT2D eigenvalue weighted by molar-refractivity contribution is -0.384. The van der Waals surface area contributed by atoms with Gasteiger partial charge >= 0.3 is 0 Å². The number of hydrogen-bond donors (Lipinski definition) is 1. The third-order valence-corrected chi connectivity index (χ3v) is 2.71. The highest BCUT2D eigenvalue weighted by Gasteiger charge is 2.12. The summed E-state index contributed by atoms with van der Waals surface area (Å²) in [6.45, 7) is 0. The van der Waals surface area contributed by atoms with E-state index in [-0.39, 0.29) is 11.9 Å². The number of nitro benzene ring substituents is 1. The number of para-hydroxylation sites is 1. The number of nitrogens with zero attached hydrogens (tertiary/aromatic N) is 1. The first kappa shape index (κ1) is 13.0. The molecule has 1 unspecified atom stereocenters. The molecule has 0 aliphatic rings. The Morgan fingerprint density at radius 3 is 2.26 bits per heavy atom. The van der Waals surface area contributed by atoms with E-state index in [0.717, 1.165) is 11.3 Å². The van der Waals surface area contributed by atoms with Gasteiger partial charge in [-0.15, -0.1) is 0 Å². The third-order valence-electron chi connectivity index (χ3n) is 2.71. The molecule has 2 rings (SSSR count). The summed E-state index contributed by atoms with van der Waals surface area (Å²) < 4.78 is 5.36. The fourth-order valence-corrected chi connectivity index (χ4v) is 1.73. The van der Waals surface area contributed by atoms with Crippen molar-refractivity contribution in [3.63, 3.8) is 0 Å². The van der Waals surface area contributed by atoms with Crippen molar-refractivity contribution in [1.29, 1.82) is 0 Å². The van der Waals surface area contributed by atoms with E-state index in [4.69, 9.17) is 4.74 Å². The second kappa shape index (κ2) is 5.97. The number of hydrogen-bond acceptors (Lipinski definition) is 4. The molecule has 5 heteroatoms. The van der Waals surface area contributed by atoms with Crippen LogP contribution in [-0.4, -0.2) is 12.0 Å². The molecule has 0 spiro atoms. The lowest BCUT2D eigenvalue weighted by Gasteiger charge is -2.18. The van der Waals surface area contributed by atoms with Gasteiger partial charge in [0.15, 0.2) is 6.23 Å². The van der Waals surface area contributed by atoms with E-state index < -0.39 is 4.92 Å². The van der Waals surface area contributed by atoms with Gasteiger partial charge in [-0.3, -0.25) is 10.1 Å². The first-order valence-electron chi connectivity index (χ1n) is 5.79. The van der Waals surface area contributed by atoms with Gasteiger partial charge in [-0.1, -0.05) is 18.2 Å². The van der Waals surface area contributed by atoms with Gasteiger partial charge < -0.3 is 10.1 Å². The van der Waals surface area contributed by atoms with Gasteiger partial charge in [-0.05, 0) is 24.3 Å². The van der Waals surface area contributed by atoms with E-state index in [2.05, 4.69) is 5.32 Å². The minimum atomic E-state index is -0.420. The maximum atomic E-state index is 10.6. The normalized spacial score (nSPS) is 11.8. The van der Waals surface area contributed by atoms with Crippen LogP contribution in [0.15, 0.2) is 54.6 Å². The highest BCUT2D eigenvalue weighted by atomic mass is 16.6. The molecule has 98 valence electrons. The average molecular weight is 258 g/mol. The summed E-state index contributed by atoms with van der Waals surface area (Å²) in [4.78, 5) is 10.2. The van der Waals surface area contributed by atoms with Gasteiger partial charge in [-0.25, -0.2) is 0 Å². The maximum Gasteiger partial charge on any atom is 0.269 e. The summed E-state index contributed by atoms with van der Waals surface area (Å²) in [5, 5.41) is 13.8. The van der Waals surface area contributed by atoms with Crippen LogP contribution in [0.5, 0.6) is 0 Å². The third kappa shape index (κ3) is 3.29. The topological polar surface area (TPSA) is 64.4 Å². The van der Waals surface area contributed by atoms with Crippen LogP contribution in [-0.2, 0) is 4.74 Å². The monoisotopic (exact) mass is 258 g/mol. The highest BCUT2D eigenvalue weighted by Crippen LogP contribution is 2.22. The summed E-state index contributed by atoms with van der Waals surface area (Å²) in [5.41, 5.74) is 1.82. The van der Waals surface area contributed by atoms with E-state index in [9.17, 15) is 10.1 Å². The Morgan fingerprint density at radius 2 is 1.74 bits per heavy atom. The molecule has 0 heterocycles. The number of non-ortho nitro benzene ring substituents is 1. The van der Waals surface area contributed by atoms with Crippen LogP contribution < -0.4 is 5.32 Å². The zero-order valence-electron chi connectivity index (χ0n) is 10.4. The Morgan fingerprint density at radius 1 is 1.11 bits per heavy atom. The van der Waals surface area contributed by atoms with Gasteiger partial charge in [0.1, 0.15) is 0 Å². The van der Waals surface area contributed by atoms with Crippen LogP contribution in [0.3, 0.4) is 0 Å². The minimum Gasteiger partial charge on any atom is -0.357 e. The quantitative estimate of drug-likeness (QED) is 0.507. The van der Waals surface area contributed by atoms with E-state index >= 15 is 0 Å². The van der Waals surface area contributed by atoms with Crippen LogP contribution in [0.2, 0.25) is 0 Å². The van der Waals surface area contributed by atoms with Gasteiger partial charge in [0.05, 0.1) is 4.92 Å². The van der Waals surface area contributed by atoms with E-state index in [0.29, 0.717) is 0 Å². The molecule has 1 N–H and O–H groups in total. The molecular weight excluding hydrogens is 244 g/mol. The lowest BCUT2D eigenvalue weighted by Crippen LogP contribution is -2.12. The Kier molecular flexibility index (Phi) is 4.10. The van der Waals surface area contributed by atoms with Gasteiger partial charge in [0.25, 0.3) is 5.69 Å². The first-order valence-corrected chi connectivity index (χ1v) is 5.79. The van der Waals surface area contributed by atoms with Crippen molar-refractivity contribution in [2.75, 3.05) is 12.4 Å². The molecule has 0 saturated carbocycles. The molecule has 0 amide bonds. The molecule has 1 atom stereocenters. The summed E-state index contributed by atoms with van der Waals surface area (Å²) >= 11 is 0. The molecule has 19 heavy (non-hydrogen) atoms. The minimum absolute atomic E-state index is 0.0679. The van der Waals surface area contributed by atoms with Crippen LogP contribution >= 0.6 is 0 Å². The van der Waals surface area contributed by atoms with E-state index in [1.165, 1.54) is 12.1 Å². The molecule has 2 aromatic rings. The van der Waals surface area contributed by atoms with Gasteiger partial charge in [-0.2, -0.15) is 0 Å². The van der Waals surface area contributed by atoms with Crippen molar-refractivity contribution in [2.24, 2.45) is 0 Å². The number of methoxy groups -OCH3 is 1. The number of benzene rings is 2. The highest BCUT2D eigenvalue weighted by molar-refractivity contribution is 5.45. The van der Waals surface area contributed by atoms with Crippen molar-refractivity contribution in [1.82, 2.24) is 0 Å². The second-order valence-electron chi connectivity index (χ2n) is 3.97. The molecule has 0 fully saturated rings.